The summed E-state index contributed by atoms with van der Waals surface area (Å²) in [4.78, 5) is 12.2. The van der Waals surface area contributed by atoms with E-state index in [0.717, 1.165) is 5.56 Å². The third kappa shape index (κ3) is 3.30. The number of carbonyl (C=O) groups is 1. The van der Waals surface area contributed by atoms with Crippen LogP contribution >= 0.6 is 0 Å². The first-order chi connectivity index (χ1) is 7.79. The average molecular weight is 235 g/mol. The number of nitrogens with two attached hydrogens (primary N) is 1. The van der Waals surface area contributed by atoms with Gasteiger partial charge >= 0.3 is 5.97 Å². The van der Waals surface area contributed by atoms with Crippen molar-refractivity contribution in [2.75, 3.05) is 6.54 Å². The summed E-state index contributed by atoms with van der Waals surface area (Å²) in [5.74, 6) is -0.279. The number of hydrogen-bond acceptors (Lipinski definition) is 3. The van der Waals surface area contributed by atoms with Crippen LogP contribution in [0.15, 0.2) is 30.3 Å². The van der Waals surface area contributed by atoms with Crippen LogP contribution in [-0.4, -0.2) is 18.1 Å². The number of benzene rings is 1. The van der Waals surface area contributed by atoms with Crippen LogP contribution in [0.2, 0.25) is 0 Å². The fraction of sp³-hybridized carbons (Fsp3) is 0.500. The minimum Gasteiger partial charge on any atom is -0.459 e. The summed E-state index contributed by atoms with van der Waals surface area (Å²) >= 11 is 0. The SMILES string of the molecule is CC(C)(C)OC(=O)C(C)(CN)c1ccccc1. The van der Waals surface area contributed by atoms with E-state index >= 15 is 0 Å². The highest BCUT2D eigenvalue weighted by atomic mass is 16.6. The summed E-state index contributed by atoms with van der Waals surface area (Å²) < 4.78 is 5.43. The van der Waals surface area contributed by atoms with Crippen molar-refractivity contribution in [1.82, 2.24) is 0 Å². The van der Waals surface area contributed by atoms with Gasteiger partial charge in [0.2, 0.25) is 0 Å². The highest BCUT2D eigenvalue weighted by Gasteiger charge is 2.37. The Bertz CT molecular complexity index is 381. The number of ether oxygens (including phenoxy) is 1. The summed E-state index contributed by atoms with van der Waals surface area (Å²) in [6, 6.07) is 9.50. The highest BCUT2D eigenvalue weighted by Crippen LogP contribution is 2.26. The molecule has 3 heteroatoms. The molecular weight excluding hydrogens is 214 g/mol. The second-order valence-corrected chi connectivity index (χ2v) is 5.40. The standard InChI is InChI=1S/C14H21NO2/c1-13(2,3)17-12(16)14(4,10-15)11-8-6-5-7-9-11/h5-9H,10,15H2,1-4H3. The van der Waals surface area contributed by atoms with Gasteiger partial charge in [0, 0.05) is 6.54 Å². The molecule has 0 aliphatic carbocycles. The first-order valence-electron chi connectivity index (χ1n) is 5.78. The lowest BCUT2D eigenvalue weighted by atomic mass is 9.82. The van der Waals surface area contributed by atoms with Gasteiger partial charge in [0.15, 0.2) is 0 Å². The molecule has 1 rings (SSSR count). The van der Waals surface area contributed by atoms with Crippen LogP contribution < -0.4 is 5.73 Å². The van der Waals surface area contributed by atoms with Gasteiger partial charge in [-0.2, -0.15) is 0 Å². The van der Waals surface area contributed by atoms with Crippen molar-refractivity contribution in [3.8, 4) is 0 Å². The molecule has 0 radical (unpaired) electrons. The second kappa shape index (κ2) is 4.88. The molecular formula is C14H21NO2. The lowest BCUT2D eigenvalue weighted by Gasteiger charge is -2.30. The molecule has 1 aromatic carbocycles. The van der Waals surface area contributed by atoms with Crippen LogP contribution in [0, 0.1) is 0 Å². The van der Waals surface area contributed by atoms with Gasteiger partial charge in [-0.3, -0.25) is 4.79 Å². The monoisotopic (exact) mass is 235 g/mol. The summed E-state index contributed by atoms with van der Waals surface area (Å²) in [5, 5.41) is 0. The fourth-order valence-electron chi connectivity index (χ4n) is 1.52. The summed E-state index contributed by atoms with van der Waals surface area (Å²) in [7, 11) is 0. The van der Waals surface area contributed by atoms with Crippen molar-refractivity contribution in [3.63, 3.8) is 0 Å². The largest absolute Gasteiger partial charge is 0.459 e. The molecule has 0 aliphatic rings. The summed E-state index contributed by atoms with van der Waals surface area (Å²) in [6.07, 6.45) is 0. The lowest BCUT2D eigenvalue weighted by Crippen LogP contribution is -2.44. The van der Waals surface area contributed by atoms with E-state index in [1.807, 2.05) is 58.0 Å². The van der Waals surface area contributed by atoms with Gasteiger partial charge in [-0.25, -0.2) is 0 Å². The van der Waals surface area contributed by atoms with Crippen molar-refractivity contribution < 1.29 is 9.53 Å². The molecule has 0 amide bonds. The Hall–Kier alpha value is -1.35. The van der Waals surface area contributed by atoms with Crippen molar-refractivity contribution in [2.24, 2.45) is 5.73 Å². The van der Waals surface area contributed by atoms with Crippen molar-refractivity contribution in [2.45, 2.75) is 38.7 Å². The molecule has 1 unspecified atom stereocenters. The highest BCUT2D eigenvalue weighted by molar-refractivity contribution is 5.83. The fourth-order valence-corrected chi connectivity index (χ4v) is 1.52. The number of carbonyl (C=O) groups excluding carboxylic acids is 1. The molecule has 0 saturated carbocycles. The van der Waals surface area contributed by atoms with Crippen molar-refractivity contribution in [1.29, 1.82) is 0 Å². The van der Waals surface area contributed by atoms with Crippen LogP contribution in [0.1, 0.15) is 33.3 Å². The molecule has 0 saturated heterocycles. The van der Waals surface area contributed by atoms with E-state index in [1.54, 1.807) is 0 Å². The molecule has 1 atom stereocenters. The molecule has 2 N–H and O–H groups in total. The second-order valence-electron chi connectivity index (χ2n) is 5.40. The van der Waals surface area contributed by atoms with Crippen LogP contribution in [0.3, 0.4) is 0 Å². The molecule has 17 heavy (non-hydrogen) atoms. The smallest absolute Gasteiger partial charge is 0.318 e. The maximum Gasteiger partial charge on any atom is 0.318 e. The zero-order valence-electron chi connectivity index (χ0n) is 11.0. The first-order valence-corrected chi connectivity index (χ1v) is 5.78. The van der Waals surface area contributed by atoms with Gasteiger partial charge < -0.3 is 10.5 Å². The molecule has 0 aliphatic heterocycles. The molecule has 0 bridgehead atoms. The topological polar surface area (TPSA) is 52.3 Å². The van der Waals surface area contributed by atoms with Gasteiger partial charge in [-0.1, -0.05) is 30.3 Å². The van der Waals surface area contributed by atoms with E-state index in [-0.39, 0.29) is 12.5 Å². The maximum absolute atomic E-state index is 12.2. The van der Waals surface area contributed by atoms with Gasteiger partial charge in [0.25, 0.3) is 0 Å². The van der Waals surface area contributed by atoms with E-state index in [4.69, 9.17) is 10.5 Å². The van der Waals surface area contributed by atoms with Gasteiger partial charge in [0.05, 0.1) is 0 Å². The maximum atomic E-state index is 12.2. The Labute approximate surface area is 103 Å². The van der Waals surface area contributed by atoms with Gasteiger partial charge in [-0.15, -0.1) is 0 Å². The number of esters is 1. The minimum absolute atomic E-state index is 0.228. The third-order valence-electron chi connectivity index (χ3n) is 2.67. The Morgan fingerprint density at radius 3 is 2.12 bits per heavy atom. The summed E-state index contributed by atoms with van der Waals surface area (Å²) in [6.45, 7) is 7.61. The Morgan fingerprint density at radius 2 is 1.71 bits per heavy atom. The van der Waals surface area contributed by atoms with E-state index in [0.29, 0.717) is 0 Å². The number of rotatable bonds is 3. The van der Waals surface area contributed by atoms with Gasteiger partial charge in [0.1, 0.15) is 11.0 Å². The van der Waals surface area contributed by atoms with Gasteiger partial charge in [-0.05, 0) is 33.3 Å². The number of hydrogen-bond donors (Lipinski definition) is 1. The van der Waals surface area contributed by atoms with Crippen LogP contribution in [0.25, 0.3) is 0 Å². The van der Waals surface area contributed by atoms with Crippen LogP contribution in [0.4, 0.5) is 0 Å². The van der Waals surface area contributed by atoms with Crippen LogP contribution in [-0.2, 0) is 14.9 Å². The third-order valence-corrected chi connectivity index (χ3v) is 2.67. The Morgan fingerprint density at radius 1 is 1.18 bits per heavy atom. The average Bonchev–Trinajstić information content (AvgIpc) is 2.27. The minimum atomic E-state index is -0.783. The molecule has 3 nitrogen and oxygen atoms in total. The predicted octanol–water partition coefficient (Wildman–Crippen LogP) is 2.24. The molecule has 94 valence electrons. The predicted molar refractivity (Wildman–Crippen MR) is 68.7 cm³/mol. The van der Waals surface area contributed by atoms with E-state index in [9.17, 15) is 4.79 Å². The first kappa shape index (κ1) is 13.7. The lowest BCUT2D eigenvalue weighted by molar-refractivity contribution is -0.161. The molecule has 0 heterocycles. The quantitative estimate of drug-likeness (QED) is 0.817. The molecule has 1 aromatic rings. The van der Waals surface area contributed by atoms with E-state index < -0.39 is 11.0 Å². The Kier molecular flexibility index (Phi) is 3.94. The summed E-state index contributed by atoms with van der Waals surface area (Å²) in [5.41, 5.74) is 5.36. The molecule has 0 spiro atoms. The van der Waals surface area contributed by atoms with E-state index in [2.05, 4.69) is 0 Å². The van der Waals surface area contributed by atoms with Crippen molar-refractivity contribution >= 4 is 5.97 Å². The van der Waals surface area contributed by atoms with E-state index in [1.165, 1.54) is 0 Å². The van der Waals surface area contributed by atoms with Crippen LogP contribution in [0.5, 0.6) is 0 Å². The zero-order valence-corrected chi connectivity index (χ0v) is 11.0. The molecule has 0 fully saturated rings. The Balaban J connectivity index is 3.01. The zero-order chi connectivity index (χ0) is 13.1. The molecule has 0 aromatic heterocycles. The van der Waals surface area contributed by atoms with Crippen molar-refractivity contribution in [3.05, 3.63) is 35.9 Å². The normalized spacial score (nSPS) is 15.1.